The molecule has 0 aliphatic heterocycles. The lowest BCUT2D eigenvalue weighted by atomic mass is 10.4. The van der Waals surface area contributed by atoms with Gasteiger partial charge in [0.1, 0.15) is 6.29 Å². The molecule has 0 radical (unpaired) electrons. The normalized spacial score (nSPS) is 12.7. The molecule has 1 heterocycles. The average molecular weight is 242 g/mol. The van der Waals surface area contributed by atoms with Crippen molar-refractivity contribution in [2.75, 3.05) is 0 Å². The fraction of sp³-hybridized carbons (Fsp3) is 0. The summed E-state index contributed by atoms with van der Waals surface area (Å²) in [7, 11) is 0. The van der Waals surface area contributed by atoms with Crippen LogP contribution in [0.2, 0.25) is 0 Å². The fourth-order valence-corrected chi connectivity index (χ4v) is 0.977. The molecule has 0 aliphatic rings. The van der Waals surface area contributed by atoms with E-state index in [2.05, 4.69) is 0 Å². The maximum absolute atomic E-state index is 9.95. The highest BCUT2D eigenvalue weighted by Crippen LogP contribution is 2.09. The van der Waals surface area contributed by atoms with Crippen molar-refractivity contribution in [3.8, 4) is 5.95 Å². The van der Waals surface area contributed by atoms with E-state index in [1.807, 2.05) is 30.4 Å². The van der Waals surface area contributed by atoms with E-state index in [0.717, 1.165) is 6.29 Å². The Hall–Kier alpha value is -2.55. The Balaban J connectivity index is 2.18. The van der Waals surface area contributed by atoms with Gasteiger partial charge in [0.05, 0.1) is 12.5 Å². The van der Waals surface area contributed by atoms with Crippen LogP contribution < -0.4 is 4.74 Å². The van der Waals surface area contributed by atoms with Crippen LogP contribution in [0.4, 0.5) is 0 Å². The minimum Gasteiger partial charge on any atom is -0.434 e. The third-order valence-electron chi connectivity index (χ3n) is 1.73. The van der Waals surface area contributed by atoms with Crippen LogP contribution >= 0.6 is 0 Å². The molecule has 1 aromatic heterocycles. The van der Waals surface area contributed by atoms with Gasteiger partial charge in [0, 0.05) is 6.07 Å². The minimum atomic E-state index is 0.458. The first kappa shape index (κ1) is 13.5. The first-order chi connectivity index (χ1) is 8.93. The van der Waals surface area contributed by atoms with Crippen LogP contribution in [0.15, 0.2) is 83.8 Å². The summed E-state index contributed by atoms with van der Waals surface area (Å²) in [5, 5.41) is 0. The maximum atomic E-state index is 9.95. The quantitative estimate of drug-likeness (QED) is 0.317. The van der Waals surface area contributed by atoms with Crippen LogP contribution in [0.3, 0.4) is 0 Å². The SMILES string of the molecule is O=CC=CC=CC=CC=CC=COc1ccco1. The molecule has 1 aromatic rings. The molecule has 92 valence electrons. The molecule has 0 atom stereocenters. The summed E-state index contributed by atoms with van der Waals surface area (Å²) in [6.45, 7) is 0. The molecule has 0 saturated carbocycles. The molecule has 1 rings (SSSR count). The molecule has 3 heteroatoms. The Morgan fingerprint density at radius 3 is 2.06 bits per heavy atom. The lowest BCUT2D eigenvalue weighted by Gasteiger charge is -1.89. The highest BCUT2D eigenvalue weighted by Gasteiger charge is 1.88. The van der Waals surface area contributed by atoms with E-state index in [4.69, 9.17) is 9.15 Å². The molecular weight excluding hydrogens is 228 g/mol. The number of ether oxygens (including phenoxy) is 1. The van der Waals surface area contributed by atoms with Gasteiger partial charge in [-0.2, -0.15) is 0 Å². The van der Waals surface area contributed by atoms with Gasteiger partial charge in [-0.15, -0.1) is 0 Å². The van der Waals surface area contributed by atoms with E-state index in [1.54, 1.807) is 36.6 Å². The summed E-state index contributed by atoms with van der Waals surface area (Å²) < 4.78 is 10.1. The fourth-order valence-electron chi connectivity index (χ4n) is 0.977. The van der Waals surface area contributed by atoms with Crippen LogP contribution in [0.25, 0.3) is 0 Å². The van der Waals surface area contributed by atoms with E-state index in [0.29, 0.717) is 5.95 Å². The summed E-state index contributed by atoms with van der Waals surface area (Å²) in [6.07, 6.45) is 19.7. The van der Waals surface area contributed by atoms with Crippen LogP contribution in [0, 0.1) is 0 Å². The smallest absolute Gasteiger partial charge is 0.289 e. The Morgan fingerprint density at radius 1 is 0.889 bits per heavy atom. The first-order valence-electron chi connectivity index (χ1n) is 5.40. The number of aldehydes is 1. The van der Waals surface area contributed by atoms with E-state index in [9.17, 15) is 4.79 Å². The molecule has 0 fully saturated rings. The molecule has 0 aliphatic carbocycles. The van der Waals surface area contributed by atoms with Crippen molar-refractivity contribution in [1.29, 1.82) is 0 Å². The molecule has 0 bridgehead atoms. The number of furan rings is 1. The Morgan fingerprint density at radius 2 is 1.50 bits per heavy atom. The maximum Gasteiger partial charge on any atom is 0.289 e. The van der Waals surface area contributed by atoms with Crippen molar-refractivity contribution in [3.05, 3.63) is 79.3 Å². The molecule has 3 nitrogen and oxygen atoms in total. The van der Waals surface area contributed by atoms with E-state index < -0.39 is 0 Å². The van der Waals surface area contributed by atoms with E-state index in [-0.39, 0.29) is 0 Å². The highest BCUT2D eigenvalue weighted by molar-refractivity contribution is 5.65. The summed E-state index contributed by atoms with van der Waals surface area (Å²) >= 11 is 0. The highest BCUT2D eigenvalue weighted by atomic mass is 16.6. The molecule has 18 heavy (non-hydrogen) atoms. The lowest BCUT2D eigenvalue weighted by Crippen LogP contribution is -1.75. The number of rotatable bonds is 7. The van der Waals surface area contributed by atoms with Gasteiger partial charge in [-0.25, -0.2) is 0 Å². The zero-order chi connectivity index (χ0) is 12.9. The van der Waals surface area contributed by atoms with Crippen LogP contribution in [-0.4, -0.2) is 6.29 Å². The second-order valence-corrected chi connectivity index (χ2v) is 3.05. The van der Waals surface area contributed by atoms with Crippen LogP contribution in [0.1, 0.15) is 0 Å². The number of hydrogen-bond acceptors (Lipinski definition) is 3. The molecule has 0 spiro atoms. The number of hydrogen-bond donors (Lipinski definition) is 0. The Bertz CT molecular complexity index is 460. The monoisotopic (exact) mass is 242 g/mol. The van der Waals surface area contributed by atoms with Crippen LogP contribution in [-0.2, 0) is 4.79 Å². The molecular formula is C15H14O3. The zero-order valence-corrected chi connectivity index (χ0v) is 9.81. The van der Waals surface area contributed by atoms with Crippen molar-refractivity contribution in [2.45, 2.75) is 0 Å². The third kappa shape index (κ3) is 6.85. The van der Waals surface area contributed by atoms with Crippen molar-refractivity contribution in [2.24, 2.45) is 0 Å². The summed E-state index contributed by atoms with van der Waals surface area (Å²) in [5.41, 5.74) is 0. The van der Waals surface area contributed by atoms with Crippen molar-refractivity contribution >= 4 is 6.29 Å². The number of carbonyl (C=O) groups excluding carboxylic acids is 1. The van der Waals surface area contributed by atoms with Gasteiger partial charge in [0.25, 0.3) is 5.95 Å². The molecule has 0 saturated heterocycles. The van der Waals surface area contributed by atoms with Crippen LogP contribution in [0.5, 0.6) is 5.95 Å². The predicted molar refractivity (Wildman–Crippen MR) is 71.1 cm³/mol. The molecule has 0 unspecified atom stereocenters. The number of carbonyl (C=O) groups is 1. The van der Waals surface area contributed by atoms with Gasteiger partial charge in [-0.1, -0.05) is 42.5 Å². The zero-order valence-electron chi connectivity index (χ0n) is 9.81. The van der Waals surface area contributed by atoms with Gasteiger partial charge in [-0.05, 0) is 18.2 Å². The standard InChI is InChI=1S/C15H14O3/c16-12-8-6-4-2-1-3-5-7-9-13-17-15-11-10-14-18-15/h1-14H. The van der Waals surface area contributed by atoms with Gasteiger partial charge in [0.2, 0.25) is 0 Å². The molecule has 0 aromatic carbocycles. The van der Waals surface area contributed by atoms with Gasteiger partial charge < -0.3 is 9.15 Å². The lowest BCUT2D eigenvalue weighted by molar-refractivity contribution is -0.104. The van der Waals surface area contributed by atoms with Gasteiger partial charge >= 0.3 is 0 Å². The topological polar surface area (TPSA) is 39.4 Å². The van der Waals surface area contributed by atoms with Crippen molar-refractivity contribution in [3.63, 3.8) is 0 Å². The number of allylic oxidation sites excluding steroid dienone is 9. The van der Waals surface area contributed by atoms with Crippen molar-refractivity contribution in [1.82, 2.24) is 0 Å². The second kappa shape index (κ2) is 9.66. The Kier molecular flexibility index (Phi) is 7.25. The Labute approximate surface area is 106 Å². The molecule has 0 amide bonds. The first-order valence-corrected chi connectivity index (χ1v) is 5.40. The summed E-state index contributed by atoms with van der Waals surface area (Å²) in [6, 6.07) is 3.48. The average Bonchev–Trinajstić information content (AvgIpc) is 2.89. The molecule has 0 N–H and O–H groups in total. The van der Waals surface area contributed by atoms with E-state index >= 15 is 0 Å². The largest absolute Gasteiger partial charge is 0.434 e. The summed E-state index contributed by atoms with van der Waals surface area (Å²) in [4.78, 5) is 9.95. The van der Waals surface area contributed by atoms with Crippen molar-refractivity contribution < 1.29 is 13.9 Å². The minimum absolute atomic E-state index is 0.458. The predicted octanol–water partition coefficient (Wildman–Crippen LogP) is 3.60. The van der Waals surface area contributed by atoms with E-state index in [1.165, 1.54) is 12.3 Å². The second-order valence-electron chi connectivity index (χ2n) is 3.05. The van der Waals surface area contributed by atoms with Gasteiger partial charge in [-0.3, -0.25) is 4.79 Å². The third-order valence-corrected chi connectivity index (χ3v) is 1.73. The summed E-state index contributed by atoms with van der Waals surface area (Å²) in [5.74, 6) is 0.458. The van der Waals surface area contributed by atoms with Gasteiger partial charge in [0.15, 0.2) is 0 Å².